The number of fused-ring (bicyclic) bond motifs is 1. The van der Waals surface area contributed by atoms with Crippen LogP contribution >= 0.6 is 11.6 Å². The first-order valence-electron chi connectivity index (χ1n) is 10.1. The number of benzene rings is 2. The quantitative estimate of drug-likeness (QED) is 0.637. The zero-order valence-electron chi connectivity index (χ0n) is 16.8. The number of aromatic amines is 1. The predicted octanol–water partition coefficient (Wildman–Crippen LogP) is 4.32. The van der Waals surface area contributed by atoms with Gasteiger partial charge < -0.3 is 15.0 Å². The molecule has 2 aromatic carbocycles. The highest BCUT2D eigenvalue weighted by molar-refractivity contribution is 6.30. The van der Waals surface area contributed by atoms with Gasteiger partial charge in [0, 0.05) is 36.5 Å². The molecular formula is C23H24ClN3O3. The van der Waals surface area contributed by atoms with Gasteiger partial charge in [0.25, 0.3) is 5.91 Å². The van der Waals surface area contributed by atoms with E-state index in [0.29, 0.717) is 36.5 Å². The second-order valence-electron chi connectivity index (χ2n) is 8.07. The summed E-state index contributed by atoms with van der Waals surface area (Å²) in [5, 5.41) is 9.94. The van der Waals surface area contributed by atoms with Crippen LogP contribution in [0, 0.1) is 18.8 Å². The Kier molecular flexibility index (Phi) is 5.77. The highest BCUT2D eigenvalue weighted by atomic mass is 35.5. The number of aromatic nitrogens is 2. The molecule has 2 atom stereocenters. The van der Waals surface area contributed by atoms with Gasteiger partial charge in [-0.15, -0.1) is 0 Å². The number of nitrogens with one attached hydrogen (secondary N) is 1. The lowest BCUT2D eigenvalue weighted by Gasteiger charge is -2.38. The monoisotopic (exact) mass is 425 g/mol. The standard InChI is InChI=1S/C23H24ClN3O3/c1-14-2-7-19-20(10-14)26-21(25-19)11-17-13-27(9-8-16(17)12-22(28)29)23(30)15-3-5-18(24)6-4-15/h2-7,10,16-17H,8-9,11-13H2,1H3,(H,25,26)(H,28,29)/t16-,17-/m0/s1. The van der Waals surface area contributed by atoms with Gasteiger partial charge in [0.15, 0.2) is 0 Å². The smallest absolute Gasteiger partial charge is 0.303 e. The van der Waals surface area contributed by atoms with Crippen LogP contribution in [0.25, 0.3) is 11.0 Å². The topological polar surface area (TPSA) is 86.3 Å². The molecule has 1 fully saturated rings. The minimum absolute atomic E-state index is 0.00622. The molecule has 0 aliphatic carbocycles. The van der Waals surface area contributed by atoms with E-state index in [-0.39, 0.29) is 24.2 Å². The zero-order chi connectivity index (χ0) is 21.3. The number of imidazole rings is 1. The first-order chi connectivity index (χ1) is 14.4. The van der Waals surface area contributed by atoms with Crippen molar-refractivity contribution in [3.63, 3.8) is 0 Å². The van der Waals surface area contributed by atoms with Gasteiger partial charge in [-0.05, 0) is 67.1 Å². The third-order valence-corrected chi connectivity index (χ3v) is 6.10. The molecule has 2 heterocycles. The summed E-state index contributed by atoms with van der Waals surface area (Å²) in [6, 6.07) is 12.9. The van der Waals surface area contributed by atoms with Gasteiger partial charge in [-0.1, -0.05) is 17.7 Å². The second-order valence-corrected chi connectivity index (χ2v) is 8.51. The summed E-state index contributed by atoms with van der Waals surface area (Å²) >= 11 is 5.94. The van der Waals surface area contributed by atoms with Gasteiger partial charge in [0.2, 0.25) is 0 Å². The van der Waals surface area contributed by atoms with Gasteiger partial charge in [-0.3, -0.25) is 9.59 Å². The summed E-state index contributed by atoms with van der Waals surface area (Å²) in [7, 11) is 0. The van der Waals surface area contributed by atoms with E-state index < -0.39 is 5.97 Å². The van der Waals surface area contributed by atoms with E-state index in [2.05, 4.69) is 16.0 Å². The summed E-state index contributed by atoms with van der Waals surface area (Å²) in [6.45, 7) is 3.09. The number of carboxylic acid groups (broad SMARTS) is 1. The fourth-order valence-electron chi connectivity index (χ4n) is 4.29. The number of amides is 1. The largest absolute Gasteiger partial charge is 0.481 e. The van der Waals surface area contributed by atoms with Crippen LogP contribution < -0.4 is 0 Å². The molecule has 0 saturated carbocycles. The number of aliphatic carboxylic acids is 1. The van der Waals surface area contributed by atoms with Crippen LogP contribution in [0.5, 0.6) is 0 Å². The van der Waals surface area contributed by atoms with Crippen LogP contribution in [0.4, 0.5) is 0 Å². The maximum Gasteiger partial charge on any atom is 0.303 e. The molecule has 30 heavy (non-hydrogen) atoms. The number of hydrogen-bond acceptors (Lipinski definition) is 3. The number of H-pyrrole nitrogens is 1. The Labute approximate surface area is 179 Å². The van der Waals surface area contributed by atoms with Crippen molar-refractivity contribution in [1.29, 1.82) is 0 Å². The van der Waals surface area contributed by atoms with Crippen molar-refractivity contribution >= 4 is 34.5 Å². The van der Waals surface area contributed by atoms with Crippen molar-refractivity contribution in [2.24, 2.45) is 11.8 Å². The lowest BCUT2D eigenvalue weighted by Crippen LogP contribution is -2.45. The summed E-state index contributed by atoms with van der Waals surface area (Å²) in [5.74, 6) is 0.00429. The molecule has 0 unspecified atom stereocenters. The number of rotatable bonds is 5. The highest BCUT2D eigenvalue weighted by Gasteiger charge is 2.33. The Morgan fingerprint density at radius 2 is 1.97 bits per heavy atom. The molecule has 3 aromatic rings. The van der Waals surface area contributed by atoms with Crippen molar-refractivity contribution in [2.75, 3.05) is 13.1 Å². The molecular weight excluding hydrogens is 402 g/mol. The zero-order valence-corrected chi connectivity index (χ0v) is 17.5. The van der Waals surface area contributed by atoms with Crippen LogP contribution in [0.3, 0.4) is 0 Å². The maximum absolute atomic E-state index is 13.0. The van der Waals surface area contributed by atoms with Crippen LogP contribution in [0.15, 0.2) is 42.5 Å². The third kappa shape index (κ3) is 4.49. The van der Waals surface area contributed by atoms with E-state index in [9.17, 15) is 14.7 Å². The molecule has 1 aliphatic rings. The lowest BCUT2D eigenvalue weighted by molar-refractivity contribution is -0.139. The molecule has 2 N–H and O–H groups in total. The Bertz CT molecular complexity index is 1080. The Balaban J connectivity index is 1.54. The van der Waals surface area contributed by atoms with Crippen molar-refractivity contribution < 1.29 is 14.7 Å². The average Bonchev–Trinajstić information content (AvgIpc) is 3.10. The third-order valence-electron chi connectivity index (χ3n) is 5.85. The maximum atomic E-state index is 13.0. The summed E-state index contributed by atoms with van der Waals surface area (Å²) in [5.41, 5.74) is 3.62. The Hall–Kier alpha value is -2.86. The predicted molar refractivity (Wildman–Crippen MR) is 116 cm³/mol. The number of likely N-dealkylation sites (tertiary alicyclic amines) is 1. The van der Waals surface area contributed by atoms with E-state index in [1.165, 1.54) is 0 Å². The molecule has 1 aliphatic heterocycles. The molecule has 1 amide bonds. The number of carbonyl (C=O) groups excluding carboxylic acids is 1. The summed E-state index contributed by atoms with van der Waals surface area (Å²) in [4.78, 5) is 34.2. The van der Waals surface area contributed by atoms with E-state index in [0.717, 1.165) is 22.4 Å². The van der Waals surface area contributed by atoms with Crippen LogP contribution in [-0.2, 0) is 11.2 Å². The fraction of sp³-hybridized carbons (Fsp3) is 0.348. The molecule has 1 aromatic heterocycles. The minimum Gasteiger partial charge on any atom is -0.481 e. The molecule has 0 radical (unpaired) electrons. The Morgan fingerprint density at radius 1 is 1.20 bits per heavy atom. The van der Waals surface area contributed by atoms with Gasteiger partial charge in [-0.2, -0.15) is 0 Å². The van der Waals surface area contributed by atoms with Gasteiger partial charge in [-0.25, -0.2) is 4.98 Å². The SMILES string of the molecule is Cc1ccc2nc(C[C@H]3CN(C(=O)c4ccc(Cl)cc4)CC[C@H]3CC(=O)O)[nH]c2c1. The van der Waals surface area contributed by atoms with Crippen LogP contribution in [0.1, 0.15) is 34.6 Å². The van der Waals surface area contributed by atoms with E-state index >= 15 is 0 Å². The first kappa shape index (κ1) is 20.4. The summed E-state index contributed by atoms with van der Waals surface area (Å²) in [6.07, 6.45) is 1.37. The van der Waals surface area contributed by atoms with Crippen molar-refractivity contribution in [2.45, 2.75) is 26.2 Å². The molecule has 7 heteroatoms. The molecule has 0 bridgehead atoms. The number of carboxylic acids is 1. The van der Waals surface area contributed by atoms with Gasteiger partial charge in [0.05, 0.1) is 11.0 Å². The average molecular weight is 426 g/mol. The minimum atomic E-state index is -0.803. The van der Waals surface area contributed by atoms with Gasteiger partial charge in [0.1, 0.15) is 5.82 Å². The molecule has 4 rings (SSSR count). The van der Waals surface area contributed by atoms with E-state index in [1.807, 2.05) is 24.0 Å². The van der Waals surface area contributed by atoms with Crippen molar-refractivity contribution in [3.8, 4) is 0 Å². The molecule has 156 valence electrons. The number of piperidine rings is 1. The second kappa shape index (κ2) is 8.48. The van der Waals surface area contributed by atoms with Gasteiger partial charge >= 0.3 is 5.97 Å². The molecule has 1 saturated heterocycles. The highest BCUT2D eigenvalue weighted by Crippen LogP contribution is 2.30. The van der Waals surface area contributed by atoms with E-state index in [4.69, 9.17) is 11.6 Å². The molecule has 6 nitrogen and oxygen atoms in total. The number of aryl methyl sites for hydroxylation is 1. The van der Waals surface area contributed by atoms with Crippen molar-refractivity contribution in [3.05, 3.63) is 64.4 Å². The summed E-state index contributed by atoms with van der Waals surface area (Å²) < 4.78 is 0. The fourth-order valence-corrected chi connectivity index (χ4v) is 4.41. The normalized spacial score (nSPS) is 19.2. The van der Waals surface area contributed by atoms with Crippen LogP contribution in [-0.4, -0.2) is 44.9 Å². The van der Waals surface area contributed by atoms with E-state index in [1.54, 1.807) is 24.3 Å². The van der Waals surface area contributed by atoms with Crippen molar-refractivity contribution in [1.82, 2.24) is 14.9 Å². The number of halogens is 1. The Morgan fingerprint density at radius 3 is 2.70 bits per heavy atom. The number of hydrogen-bond donors (Lipinski definition) is 2. The van der Waals surface area contributed by atoms with Crippen LogP contribution in [0.2, 0.25) is 5.02 Å². The lowest BCUT2D eigenvalue weighted by atomic mass is 9.81. The number of nitrogens with zero attached hydrogens (tertiary/aromatic N) is 2. The first-order valence-corrected chi connectivity index (χ1v) is 10.5. The number of carbonyl (C=O) groups is 2. The molecule has 0 spiro atoms.